The van der Waals surface area contributed by atoms with Crippen molar-refractivity contribution in [3.8, 4) is 11.1 Å². The molecule has 158 valence electrons. The number of nitrogens with zero attached hydrogens (tertiary/aromatic N) is 3. The zero-order valence-corrected chi connectivity index (χ0v) is 18.9. The number of rotatable bonds is 4. The van der Waals surface area contributed by atoms with Crippen molar-refractivity contribution >= 4 is 10.9 Å². The van der Waals surface area contributed by atoms with Crippen LogP contribution in [-0.2, 0) is 6.54 Å². The standard InChI is InChI=1S/C26H33N3O/c1-17(2)28-10-6-7-21(15-28)16-29-20(5)27-25-9-8-22(14-24(25)26(29)30)23-12-18(3)11-19(4)13-23/h8-9,11-14,17,21H,6-7,10,15-16H2,1-5H3/t21-/m0/s1. The quantitative estimate of drug-likeness (QED) is 0.608. The zero-order chi connectivity index (χ0) is 21.4. The van der Waals surface area contributed by atoms with Gasteiger partial charge >= 0.3 is 0 Å². The van der Waals surface area contributed by atoms with E-state index in [1.807, 2.05) is 23.6 Å². The first-order valence-corrected chi connectivity index (χ1v) is 11.2. The monoisotopic (exact) mass is 403 g/mol. The van der Waals surface area contributed by atoms with Crippen LogP contribution in [0.1, 0.15) is 43.6 Å². The van der Waals surface area contributed by atoms with Gasteiger partial charge in [0.2, 0.25) is 0 Å². The lowest BCUT2D eigenvalue weighted by atomic mass is 9.96. The molecule has 0 radical (unpaired) electrons. The van der Waals surface area contributed by atoms with E-state index >= 15 is 0 Å². The molecule has 4 heteroatoms. The number of fused-ring (bicyclic) bond motifs is 1. The van der Waals surface area contributed by atoms with Gasteiger partial charge in [0.1, 0.15) is 5.82 Å². The van der Waals surface area contributed by atoms with E-state index in [1.165, 1.54) is 24.0 Å². The second-order valence-electron chi connectivity index (χ2n) is 9.28. The molecule has 2 heterocycles. The van der Waals surface area contributed by atoms with Crippen molar-refractivity contribution in [1.82, 2.24) is 14.5 Å². The van der Waals surface area contributed by atoms with Crippen molar-refractivity contribution in [3.05, 3.63) is 63.7 Å². The number of aromatic nitrogens is 2. The van der Waals surface area contributed by atoms with Crippen molar-refractivity contribution in [1.29, 1.82) is 0 Å². The third kappa shape index (κ3) is 4.20. The normalized spacial score (nSPS) is 17.7. The van der Waals surface area contributed by atoms with Crippen LogP contribution in [0.4, 0.5) is 0 Å². The Balaban J connectivity index is 1.71. The van der Waals surface area contributed by atoms with Crippen LogP contribution in [0.25, 0.3) is 22.0 Å². The third-order valence-electron chi connectivity index (χ3n) is 6.42. The highest BCUT2D eigenvalue weighted by molar-refractivity contribution is 5.84. The minimum Gasteiger partial charge on any atom is -0.301 e. The lowest BCUT2D eigenvalue weighted by molar-refractivity contribution is 0.129. The molecule has 1 aromatic heterocycles. The fraction of sp³-hybridized carbons (Fsp3) is 0.462. The van der Waals surface area contributed by atoms with Crippen LogP contribution in [0.2, 0.25) is 0 Å². The lowest BCUT2D eigenvalue weighted by Gasteiger charge is -2.35. The van der Waals surface area contributed by atoms with Gasteiger partial charge in [0.05, 0.1) is 10.9 Å². The van der Waals surface area contributed by atoms with E-state index < -0.39 is 0 Å². The summed E-state index contributed by atoms with van der Waals surface area (Å²) in [5.74, 6) is 1.31. The van der Waals surface area contributed by atoms with Gasteiger partial charge in [-0.25, -0.2) is 4.98 Å². The van der Waals surface area contributed by atoms with Crippen molar-refractivity contribution in [3.63, 3.8) is 0 Å². The van der Waals surface area contributed by atoms with E-state index in [4.69, 9.17) is 4.98 Å². The van der Waals surface area contributed by atoms with Crippen LogP contribution in [0, 0.1) is 26.7 Å². The van der Waals surface area contributed by atoms with E-state index in [-0.39, 0.29) is 5.56 Å². The molecule has 0 N–H and O–H groups in total. The summed E-state index contributed by atoms with van der Waals surface area (Å²) in [6, 6.07) is 13.2. The molecule has 1 fully saturated rings. The summed E-state index contributed by atoms with van der Waals surface area (Å²) in [6.07, 6.45) is 2.38. The van der Waals surface area contributed by atoms with Crippen LogP contribution in [0.3, 0.4) is 0 Å². The first-order chi connectivity index (χ1) is 14.3. The fourth-order valence-corrected chi connectivity index (χ4v) is 4.84. The first kappa shape index (κ1) is 20.8. The molecule has 0 bridgehead atoms. The fourth-order valence-electron chi connectivity index (χ4n) is 4.84. The topological polar surface area (TPSA) is 38.1 Å². The molecule has 0 aliphatic carbocycles. The molecular weight excluding hydrogens is 370 g/mol. The van der Waals surface area contributed by atoms with Crippen LogP contribution < -0.4 is 5.56 Å². The maximum absolute atomic E-state index is 13.5. The van der Waals surface area contributed by atoms with Crippen molar-refractivity contribution in [2.75, 3.05) is 13.1 Å². The number of piperidine rings is 1. The number of likely N-dealkylation sites (tertiary alicyclic amines) is 1. The van der Waals surface area contributed by atoms with Crippen molar-refractivity contribution < 1.29 is 0 Å². The molecule has 1 aliphatic rings. The lowest BCUT2D eigenvalue weighted by Crippen LogP contribution is -2.42. The predicted octanol–water partition coefficient (Wildman–Crippen LogP) is 5.11. The SMILES string of the molecule is Cc1cc(C)cc(-c2ccc3nc(C)n(C[C@H]4CCCN(C(C)C)C4)c(=O)c3c2)c1. The molecule has 0 saturated carbocycles. The molecule has 0 spiro atoms. The molecule has 2 aromatic carbocycles. The molecular formula is C26H33N3O. The highest BCUT2D eigenvalue weighted by Crippen LogP contribution is 2.25. The number of benzene rings is 2. The molecule has 3 aromatic rings. The Bertz CT molecular complexity index is 1110. The third-order valence-corrected chi connectivity index (χ3v) is 6.42. The van der Waals surface area contributed by atoms with E-state index in [1.54, 1.807) is 0 Å². The van der Waals surface area contributed by atoms with Gasteiger partial charge in [0.25, 0.3) is 5.56 Å². The first-order valence-electron chi connectivity index (χ1n) is 11.2. The summed E-state index contributed by atoms with van der Waals surface area (Å²) >= 11 is 0. The van der Waals surface area contributed by atoms with Gasteiger partial charge in [0.15, 0.2) is 0 Å². The maximum atomic E-state index is 13.5. The minimum atomic E-state index is 0.0883. The van der Waals surface area contributed by atoms with Gasteiger partial charge in [-0.3, -0.25) is 9.36 Å². The van der Waals surface area contributed by atoms with Crippen LogP contribution in [-0.4, -0.2) is 33.6 Å². The predicted molar refractivity (Wildman–Crippen MR) is 125 cm³/mol. The summed E-state index contributed by atoms with van der Waals surface area (Å²) < 4.78 is 1.90. The molecule has 0 amide bonds. The Labute approximate surface area is 179 Å². The van der Waals surface area contributed by atoms with Gasteiger partial charge in [0, 0.05) is 19.1 Å². The van der Waals surface area contributed by atoms with Crippen molar-refractivity contribution in [2.24, 2.45) is 5.92 Å². The zero-order valence-electron chi connectivity index (χ0n) is 18.9. The van der Waals surface area contributed by atoms with Crippen LogP contribution in [0.5, 0.6) is 0 Å². The second kappa shape index (κ2) is 8.35. The van der Waals surface area contributed by atoms with Gasteiger partial charge < -0.3 is 4.90 Å². The maximum Gasteiger partial charge on any atom is 0.261 e. The van der Waals surface area contributed by atoms with Crippen LogP contribution in [0.15, 0.2) is 41.2 Å². The highest BCUT2D eigenvalue weighted by atomic mass is 16.1. The van der Waals surface area contributed by atoms with E-state index in [9.17, 15) is 4.79 Å². The van der Waals surface area contributed by atoms with Crippen molar-refractivity contribution in [2.45, 2.75) is 60.0 Å². The van der Waals surface area contributed by atoms with Gasteiger partial charge in [-0.1, -0.05) is 35.4 Å². The van der Waals surface area contributed by atoms with Gasteiger partial charge in [-0.05, 0) is 83.2 Å². The van der Waals surface area contributed by atoms with E-state index in [2.05, 4.69) is 56.9 Å². The molecule has 4 nitrogen and oxygen atoms in total. The summed E-state index contributed by atoms with van der Waals surface area (Å²) in [5.41, 5.74) is 5.57. The molecule has 1 atom stereocenters. The molecule has 30 heavy (non-hydrogen) atoms. The Morgan fingerprint density at radius 2 is 1.77 bits per heavy atom. The number of hydrogen-bond acceptors (Lipinski definition) is 3. The van der Waals surface area contributed by atoms with E-state index in [0.717, 1.165) is 42.1 Å². The largest absolute Gasteiger partial charge is 0.301 e. The Morgan fingerprint density at radius 1 is 1.03 bits per heavy atom. The summed E-state index contributed by atoms with van der Waals surface area (Å²) in [4.78, 5) is 20.8. The number of hydrogen-bond donors (Lipinski definition) is 0. The number of aryl methyl sites for hydroxylation is 3. The Kier molecular flexibility index (Phi) is 5.79. The van der Waals surface area contributed by atoms with Gasteiger partial charge in [-0.2, -0.15) is 0 Å². The Hall–Kier alpha value is -2.46. The van der Waals surface area contributed by atoms with Gasteiger partial charge in [-0.15, -0.1) is 0 Å². The summed E-state index contributed by atoms with van der Waals surface area (Å²) in [7, 11) is 0. The minimum absolute atomic E-state index is 0.0883. The molecule has 4 rings (SSSR count). The van der Waals surface area contributed by atoms with E-state index in [0.29, 0.717) is 17.3 Å². The van der Waals surface area contributed by atoms with Crippen LogP contribution >= 0.6 is 0 Å². The second-order valence-corrected chi connectivity index (χ2v) is 9.28. The average molecular weight is 404 g/mol. The molecule has 1 aliphatic heterocycles. The Morgan fingerprint density at radius 3 is 2.47 bits per heavy atom. The highest BCUT2D eigenvalue weighted by Gasteiger charge is 2.23. The molecule has 0 unspecified atom stereocenters. The average Bonchev–Trinajstić information content (AvgIpc) is 2.70. The summed E-state index contributed by atoms with van der Waals surface area (Å²) in [5, 5.41) is 0.716. The smallest absolute Gasteiger partial charge is 0.261 e. The summed E-state index contributed by atoms with van der Waals surface area (Å²) in [6.45, 7) is 13.7. The molecule has 1 saturated heterocycles.